The van der Waals surface area contributed by atoms with Gasteiger partial charge in [0, 0.05) is 43.0 Å². The van der Waals surface area contributed by atoms with Crippen LogP contribution in [-0.2, 0) is 4.74 Å². The van der Waals surface area contributed by atoms with Crippen molar-refractivity contribution in [2.45, 2.75) is 19.4 Å². The summed E-state index contributed by atoms with van der Waals surface area (Å²) < 4.78 is 5.34. The number of morpholine rings is 1. The summed E-state index contributed by atoms with van der Waals surface area (Å²) in [4.78, 5) is 24.4. The van der Waals surface area contributed by atoms with Crippen molar-refractivity contribution in [3.63, 3.8) is 0 Å². The third-order valence-corrected chi connectivity index (χ3v) is 3.88. The van der Waals surface area contributed by atoms with E-state index in [1.54, 1.807) is 0 Å². The molecule has 1 aliphatic rings. The van der Waals surface area contributed by atoms with Crippen LogP contribution in [0.5, 0.6) is 0 Å². The molecule has 0 unspecified atom stereocenters. The lowest BCUT2D eigenvalue weighted by molar-refractivity contribution is -0.384. The van der Waals surface area contributed by atoms with Crippen molar-refractivity contribution < 1.29 is 14.5 Å². The number of benzene rings is 1. The molecule has 0 aromatic heterocycles. The summed E-state index contributed by atoms with van der Waals surface area (Å²) in [5.41, 5.74) is 0.332. The molecule has 1 heterocycles. The van der Waals surface area contributed by atoms with Gasteiger partial charge in [0.05, 0.1) is 18.1 Å². The molecule has 0 saturated carbocycles. The first-order valence-electron chi connectivity index (χ1n) is 7.50. The molecule has 1 aromatic rings. The smallest absolute Gasteiger partial charge is 0.319 e. The molecule has 0 atom stereocenters. The SMILES string of the molecule is CC(C)(CNC(=O)Nc1ccc([N+](=O)[O-])cc1)N1CCOCC1. The lowest BCUT2D eigenvalue weighted by Crippen LogP contribution is -2.55. The van der Waals surface area contributed by atoms with Gasteiger partial charge in [0.2, 0.25) is 0 Å². The number of rotatable bonds is 5. The van der Waals surface area contributed by atoms with Crippen LogP contribution in [-0.4, -0.2) is 54.2 Å². The highest BCUT2D eigenvalue weighted by Crippen LogP contribution is 2.16. The van der Waals surface area contributed by atoms with E-state index in [0.29, 0.717) is 25.4 Å². The fraction of sp³-hybridized carbons (Fsp3) is 0.533. The van der Waals surface area contributed by atoms with Crippen LogP contribution < -0.4 is 10.6 Å². The summed E-state index contributed by atoms with van der Waals surface area (Å²) in [5, 5.41) is 16.1. The Hall–Kier alpha value is -2.19. The lowest BCUT2D eigenvalue weighted by Gasteiger charge is -2.40. The van der Waals surface area contributed by atoms with Gasteiger partial charge < -0.3 is 15.4 Å². The quantitative estimate of drug-likeness (QED) is 0.637. The molecule has 2 N–H and O–H groups in total. The molecule has 8 heteroatoms. The number of carbonyl (C=O) groups excluding carboxylic acids is 1. The Labute approximate surface area is 134 Å². The number of ether oxygens (including phenoxy) is 1. The molecule has 0 spiro atoms. The van der Waals surface area contributed by atoms with E-state index in [1.807, 2.05) is 0 Å². The third-order valence-electron chi connectivity index (χ3n) is 3.88. The van der Waals surface area contributed by atoms with E-state index < -0.39 is 4.92 Å². The topological polar surface area (TPSA) is 96.7 Å². The number of nitrogens with zero attached hydrogens (tertiary/aromatic N) is 2. The molecule has 1 aromatic carbocycles. The monoisotopic (exact) mass is 322 g/mol. The first-order valence-corrected chi connectivity index (χ1v) is 7.50. The second-order valence-electron chi connectivity index (χ2n) is 6.02. The van der Waals surface area contributed by atoms with Gasteiger partial charge in [-0.15, -0.1) is 0 Å². The summed E-state index contributed by atoms with van der Waals surface area (Å²) in [7, 11) is 0. The van der Waals surface area contributed by atoms with Gasteiger partial charge in [-0.2, -0.15) is 0 Å². The predicted octanol–water partition coefficient (Wildman–Crippen LogP) is 1.83. The maximum atomic E-state index is 12.0. The summed E-state index contributed by atoms with van der Waals surface area (Å²) in [6, 6.07) is 5.39. The van der Waals surface area contributed by atoms with E-state index >= 15 is 0 Å². The molecule has 2 rings (SSSR count). The molecule has 1 fully saturated rings. The highest BCUT2D eigenvalue weighted by Gasteiger charge is 2.28. The number of nitro benzene ring substituents is 1. The Balaban J connectivity index is 1.83. The Morgan fingerprint density at radius 3 is 2.48 bits per heavy atom. The van der Waals surface area contributed by atoms with Crippen LogP contribution >= 0.6 is 0 Å². The Kier molecular flexibility index (Phi) is 5.51. The molecule has 1 saturated heterocycles. The second kappa shape index (κ2) is 7.38. The largest absolute Gasteiger partial charge is 0.379 e. The molecular formula is C15H22N4O4. The van der Waals surface area contributed by atoms with Crippen molar-refractivity contribution in [2.75, 3.05) is 38.2 Å². The number of non-ortho nitro benzene ring substituents is 1. The van der Waals surface area contributed by atoms with Crippen molar-refractivity contribution in [1.82, 2.24) is 10.2 Å². The highest BCUT2D eigenvalue weighted by molar-refractivity contribution is 5.89. The van der Waals surface area contributed by atoms with Crippen molar-refractivity contribution in [3.8, 4) is 0 Å². The number of hydrogen-bond acceptors (Lipinski definition) is 5. The molecule has 0 aliphatic carbocycles. The van der Waals surface area contributed by atoms with Crippen LogP contribution in [0, 0.1) is 10.1 Å². The van der Waals surface area contributed by atoms with Crippen molar-refractivity contribution >= 4 is 17.4 Å². The van der Waals surface area contributed by atoms with Gasteiger partial charge in [0.25, 0.3) is 5.69 Å². The number of amides is 2. The average Bonchev–Trinajstić information content (AvgIpc) is 2.54. The number of nitrogens with one attached hydrogen (secondary N) is 2. The third kappa shape index (κ3) is 4.90. The zero-order valence-corrected chi connectivity index (χ0v) is 13.4. The van der Waals surface area contributed by atoms with E-state index in [2.05, 4.69) is 29.4 Å². The summed E-state index contributed by atoms with van der Waals surface area (Å²) in [6.07, 6.45) is 0. The maximum absolute atomic E-state index is 12.0. The van der Waals surface area contributed by atoms with Crippen LogP contribution in [0.25, 0.3) is 0 Å². The van der Waals surface area contributed by atoms with Crippen molar-refractivity contribution in [2.24, 2.45) is 0 Å². The van der Waals surface area contributed by atoms with Gasteiger partial charge >= 0.3 is 6.03 Å². The Morgan fingerprint density at radius 2 is 1.91 bits per heavy atom. The summed E-state index contributed by atoms with van der Waals surface area (Å²) in [6.45, 7) is 7.74. The zero-order valence-electron chi connectivity index (χ0n) is 13.4. The van der Waals surface area contributed by atoms with Gasteiger partial charge in [0.1, 0.15) is 0 Å². The standard InChI is InChI=1S/C15H22N4O4/c1-15(2,18-7-9-23-10-8-18)11-16-14(20)17-12-3-5-13(6-4-12)19(21)22/h3-6H,7-11H2,1-2H3,(H2,16,17,20). The molecule has 126 valence electrons. The summed E-state index contributed by atoms with van der Waals surface area (Å²) in [5.74, 6) is 0. The van der Waals surface area contributed by atoms with E-state index in [4.69, 9.17) is 4.74 Å². The Morgan fingerprint density at radius 1 is 1.30 bits per heavy atom. The fourth-order valence-corrected chi connectivity index (χ4v) is 2.42. The van der Waals surface area contributed by atoms with Gasteiger partial charge in [-0.05, 0) is 26.0 Å². The Bertz CT molecular complexity index is 553. The van der Waals surface area contributed by atoms with Crippen LogP contribution in [0.3, 0.4) is 0 Å². The minimum atomic E-state index is -0.477. The number of anilines is 1. The maximum Gasteiger partial charge on any atom is 0.319 e. The fourth-order valence-electron chi connectivity index (χ4n) is 2.42. The molecule has 0 bridgehead atoms. The first kappa shape index (κ1) is 17.2. The van der Waals surface area contributed by atoms with Gasteiger partial charge in [-0.3, -0.25) is 15.0 Å². The normalized spacial score (nSPS) is 15.9. The lowest BCUT2D eigenvalue weighted by atomic mass is 10.0. The second-order valence-corrected chi connectivity index (χ2v) is 6.02. The molecule has 8 nitrogen and oxygen atoms in total. The number of carbonyl (C=O) groups is 1. The average molecular weight is 322 g/mol. The molecular weight excluding hydrogens is 300 g/mol. The number of hydrogen-bond donors (Lipinski definition) is 2. The molecule has 23 heavy (non-hydrogen) atoms. The highest BCUT2D eigenvalue weighted by atomic mass is 16.6. The predicted molar refractivity (Wildman–Crippen MR) is 86.6 cm³/mol. The zero-order chi connectivity index (χ0) is 16.9. The van der Waals surface area contributed by atoms with Crippen LogP contribution in [0.2, 0.25) is 0 Å². The van der Waals surface area contributed by atoms with E-state index in [0.717, 1.165) is 13.1 Å². The first-order chi connectivity index (χ1) is 10.9. The van der Waals surface area contributed by atoms with Gasteiger partial charge in [-0.25, -0.2) is 4.79 Å². The summed E-state index contributed by atoms with van der Waals surface area (Å²) >= 11 is 0. The minimum absolute atomic E-state index is 0.00981. The van der Waals surface area contributed by atoms with E-state index in [9.17, 15) is 14.9 Å². The molecule has 2 amide bonds. The molecule has 1 aliphatic heterocycles. The molecule has 0 radical (unpaired) electrons. The number of nitro groups is 1. The van der Waals surface area contributed by atoms with Crippen LogP contribution in [0.1, 0.15) is 13.8 Å². The van der Waals surface area contributed by atoms with Crippen LogP contribution in [0.4, 0.5) is 16.2 Å². The number of urea groups is 1. The van der Waals surface area contributed by atoms with Crippen molar-refractivity contribution in [3.05, 3.63) is 34.4 Å². The van der Waals surface area contributed by atoms with Crippen LogP contribution in [0.15, 0.2) is 24.3 Å². The van der Waals surface area contributed by atoms with E-state index in [1.165, 1.54) is 24.3 Å². The minimum Gasteiger partial charge on any atom is -0.379 e. The van der Waals surface area contributed by atoms with Gasteiger partial charge in [0.15, 0.2) is 0 Å². The van der Waals surface area contributed by atoms with Gasteiger partial charge in [-0.1, -0.05) is 0 Å². The van der Waals surface area contributed by atoms with E-state index in [-0.39, 0.29) is 17.3 Å². The van der Waals surface area contributed by atoms with Crippen molar-refractivity contribution in [1.29, 1.82) is 0 Å².